The lowest BCUT2D eigenvalue weighted by Gasteiger charge is -2.08. The normalized spacial score (nSPS) is 11.0. The largest absolute Gasteiger partial charge is 0.492 e. The number of ether oxygens (including phenoxy) is 1. The van der Waals surface area contributed by atoms with Gasteiger partial charge in [-0.1, -0.05) is 0 Å². The van der Waals surface area contributed by atoms with Gasteiger partial charge >= 0.3 is 10.2 Å². The summed E-state index contributed by atoms with van der Waals surface area (Å²) in [5.74, 6) is 0.435. The number of benzene rings is 1. The SMILES string of the molecule is Nc1cc(OCCNC(=O)c2ccc(S(=O)(=O)F)cc2)ccn1. The molecule has 0 saturated carbocycles. The van der Waals surface area contributed by atoms with E-state index < -0.39 is 21.0 Å². The zero-order valence-electron chi connectivity index (χ0n) is 11.9. The number of anilines is 1. The van der Waals surface area contributed by atoms with Crippen molar-refractivity contribution in [2.45, 2.75) is 4.90 Å². The van der Waals surface area contributed by atoms with Crippen molar-refractivity contribution in [2.75, 3.05) is 18.9 Å². The summed E-state index contributed by atoms with van der Waals surface area (Å²) in [4.78, 5) is 15.2. The van der Waals surface area contributed by atoms with E-state index in [0.29, 0.717) is 11.6 Å². The van der Waals surface area contributed by atoms with Crippen LogP contribution < -0.4 is 15.8 Å². The second kappa shape index (κ2) is 7.05. The number of carbonyl (C=O) groups is 1. The zero-order valence-corrected chi connectivity index (χ0v) is 12.7. The van der Waals surface area contributed by atoms with Crippen LogP contribution in [0.5, 0.6) is 5.75 Å². The third kappa shape index (κ3) is 4.92. The van der Waals surface area contributed by atoms with E-state index in [-0.39, 0.29) is 18.7 Å². The van der Waals surface area contributed by atoms with Gasteiger partial charge in [-0.2, -0.15) is 8.42 Å². The Hall–Kier alpha value is -2.68. The van der Waals surface area contributed by atoms with Crippen molar-refractivity contribution in [3.05, 3.63) is 48.2 Å². The fraction of sp³-hybridized carbons (Fsp3) is 0.143. The maximum Gasteiger partial charge on any atom is 0.332 e. The van der Waals surface area contributed by atoms with Gasteiger partial charge in [0.15, 0.2) is 0 Å². The topological polar surface area (TPSA) is 111 Å². The Labute approximate surface area is 132 Å². The molecule has 0 atom stereocenters. The van der Waals surface area contributed by atoms with Crippen LogP contribution in [0.1, 0.15) is 10.4 Å². The quantitative estimate of drug-likeness (QED) is 0.603. The van der Waals surface area contributed by atoms with Gasteiger partial charge in [0.2, 0.25) is 0 Å². The molecule has 0 aliphatic heterocycles. The van der Waals surface area contributed by atoms with Crippen molar-refractivity contribution >= 4 is 21.9 Å². The number of hydrogen-bond acceptors (Lipinski definition) is 6. The van der Waals surface area contributed by atoms with Gasteiger partial charge in [-0.15, -0.1) is 3.89 Å². The van der Waals surface area contributed by atoms with Gasteiger partial charge in [0, 0.05) is 17.8 Å². The molecule has 1 amide bonds. The number of nitrogens with zero attached hydrogens (tertiary/aromatic N) is 1. The third-order valence-corrected chi connectivity index (χ3v) is 3.64. The van der Waals surface area contributed by atoms with Crippen molar-refractivity contribution < 1.29 is 21.8 Å². The molecule has 0 radical (unpaired) electrons. The van der Waals surface area contributed by atoms with E-state index in [1.807, 2.05) is 0 Å². The van der Waals surface area contributed by atoms with Crippen molar-refractivity contribution in [1.82, 2.24) is 10.3 Å². The Bertz CT molecular complexity index is 794. The Kier molecular flexibility index (Phi) is 5.12. The number of halogens is 1. The van der Waals surface area contributed by atoms with E-state index in [4.69, 9.17) is 10.5 Å². The molecule has 23 heavy (non-hydrogen) atoms. The molecule has 0 saturated heterocycles. The molecule has 2 aromatic rings. The lowest BCUT2D eigenvalue weighted by Crippen LogP contribution is -2.28. The van der Waals surface area contributed by atoms with E-state index in [2.05, 4.69) is 10.3 Å². The molecule has 1 aromatic carbocycles. The second-order valence-electron chi connectivity index (χ2n) is 4.48. The highest BCUT2D eigenvalue weighted by molar-refractivity contribution is 7.86. The van der Waals surface area contributed by atoms with Gasteiger partial charge in [0.1, 0.15) is 18.2 Å². The summed E-state index contributed by atoms with van der Waals surface area (Å²) in [5, 5.41) is 2.59. The third-order valence-electron chi connectivity index (χ3n) is 2.81. The number of nitrogens with two attached hydrogens (primary N) is 1. The van der Waals surface area contributed by atoms with Gasteiger partial charge in [-0.3, -0.25) is 4.79 Å². The summed E-state index contributed by atoms with van der Waals surface area (Å²) < 4.78 is 39.5. The molecule has 1 heterocycles. The van der Waals surface area contributed by atoms with E-state index in [9.17, 15) is 17.1 Å². The first kappa shape index (κ1) is 16.7. The summed E-state index contributed by atoms with van der Waals surface area (Å²) in [6.45, 7) is 0.441. The average molecular weight is 339 g/mol. The fourth-order valence-corrected chi connectivity index (χ4v) is 2.18. The molecule has 122 valence electrons. The zero-order chi connectivity index (χ0) is 16.9. The van der Waals surface area contributed by atoms with Crippen LogP contribution in [0.15, 0.2) is 47.5 Å². The van der Waals surface area contributed by atoms with E-state index in [1.54, 1.807) is 12.1 Å². The predicted molar refractivity (Wildman–Crippen MR) is 81.2 cm³/mol. The molecule has 7 nitrogen and oxygen atoms in total. The van der Waals surface area contributed by atoms with Gasteiger partial charge in [-0.25, -0.2) is 4.98 Å². The maximum absolute atomic E-state index is 12.7. The van der Waals surface area contributed by atoms with Crippen LogP contribution >= 0.6 is 0 Å². The van der Waals surface area contributed by atoms with Crippen molar-refractivity contribution in [1.29, 1.82) is 0 Å². The van der Waals surface area contributed by atoms with Crippen molar-refractivity contribution in [2.24, 2.45) is 0 Å². The fourth-order valence-electron chi connectivity index (χ4n) is 1.72. The molecule has 0 bridgehead atoms. The summed E-state index contributed by atoms with van der Waals surface area (Å²) in [6.07, 6.45) is 1.50. The van der Waals surface area contributed by atoms with Crippen LogP contribution in [-0.4, -0.2) is 32.5 Å². The number of nitrogens with one attached hydrogen (secondary N) is 1. The minimum absolute atomic E-state index is 0.213. The molecule has 0 aliphatic carbocycles. The standard InChI is InChI=1S/C14H14FN3O4S/c15-23(20,21)12-3-1-10(2-4-12)14(19)18-7-8-22-11-5-6-17-13(16)9-11/h1-6,9H,7-8H2,(H2,16,17)(H,18,19). The van der Waals surface area contributed by atoms with Crippen LogP contribution in [0.2, 0.25) is 0 Å². The number of nitrogen functional groups attached to an aromatic ring is 1. The molecule has 3 N–H and O–H groups in total. The Morgan fingerprint density at radius 3 is 2.57 bits per heavy atom. The summed E-state index contributed by atoms with van der Waals surface area (Å²) in [7, 11) is -4.77. The minimum atomic E-state index is -4.77. The van der Waals surface area contributed by atoms with Crippen LogP contribution in [-0.2, 0) is 10.2 Å². The molecule has 0 spiro atoms. The molecular weight excluding hydrogens is 325 g/mol. The molecule has 9 heteroatoms. The minimum Gasteiger partial charge on any atom is -0.492 e. The maximum atomic E-state index is 12.7. The number of aromatic nitrogens is 1. The molecule has 0 aliphatic rings. The van der Waals surface area contributed by atoms with Gasteiger partial charge < -0.3 is 15.8 Å². The highest BCUT2D eigenvalue weighted by atomic mass is 32.3. The van der Waals surface area contributed by atoms with Crippen molar-refractivity contribution in [3.8, 4) is 5.75 Å². The molecule has 1 aromatic heterocycles. The van der Waals surface area contributed by atoms with E-state index >= 15 is 0 Å². The average Bonchev–Trinajstić information content (AvgIpc) is 2.51. The molecule has 0 fully saturated rings. The van der Waals surface area contributed by atoms with Crippen LogP contribution in [0.25, 0.3) is 0 Å². The number of pyridine rings is 1. The molecule has 2 rings (SSSR count). The predicted octanol–water partition coefficient (Wildman–Crippen LogP) is 1.13. The van der Waals surface area contributed by atoms with Gasteiger partial charge in [0.05, 0.1) is 11.4 Å². The first-order valence-electron chi connectivity index (χ1n) is 6.53. The first-order chi connectivity index (χ1) is 10.9. The second-order valence-corrected chi connectivity index (χ2v) is 5.83. The van der Waals surface area contributed by atoms with E-state index in [1.165, 1.54) is 18.3 Å². The Balaban J connectivity index is 1.83. The Morgan fingerprint density at radius 2 is 1.96 bits per heavy atom. The molecular formula is C14H14FN3O4S. The number of carbonyl (C=O) groups excluding carboxylic acids is 1. The summed E-state index contributed by atoms with van der Waals surface area (Å²) >= 11 is 0. The smallest absolute Gasteiger partial charge is 0.332 e. The first-order valence-corrected chi connectivity index (χ1v) is 7.92. The van der Waals surface area contributed by atoms with Crippen LogP contribution in [0.4, 0.5) is 9.70 Å². The monoisotopic (exact) mass is 339 g/mol. The number of amides is 1. The Morgan fingerprint density at radius 1 is 1.26 bits per heavy atom. The molecule has 0 unspecified atom stereocenters. The van der Waals surface area contributed by atoms with Crippen LogP contribution in [0.3, 0.4) is 0 Å². The highest BCUT2D eigenvalue weighted by Crippen LogP contribution is 2.13. The van der Waals surface area contributed by atoms with Gasteiger partial charge in [0.25, 0.3) is 5.91 Å². The van der Waals surface area contributed by atoms with Crippen molar-refractivity contribution in [3.63, 3.8) is 0 Å². The summed E-state index contributed by atoms with van der Waals surface area (Å²) in [5.41, 5.74) is 5.71. The van der Waals surface area contributed by atoms with E-state index in [0.717, 1.165) is 12.1 Å². The lowest BCUT2D eigenvalue weighted by molar-refractivity contribution is 0.0947. The van der Waals surface area contributed by atoms with Gasteiger partial charge in [-0.05, 0) is 30.3 Å². The number of rotatable bonds is 6. The summed E-state index contributed by atoms with van der Waals surface area (Å²) in [6, 6.07) is 7.70. The van der Waals surface area contributed by atoms with Crippen LogP contribution in [0, 0.1) is 0 Å². The highest BCUT2D eigenvalue weighted by Gasteiger charge is 2.12. The number of hydrogen-bond donors (Lipinski definition) is 2. The lowest BCUT2D eigenvalue weighted by atomic mass is 10.2.